The molecule has 0 aliphatic heterocycles. The molecular formula is C11H13N3O. The van der Waals surface area contributed by atoms with Crippen LogP contribution in [0.25, 0.3) is 0 Å². The number of ether oxygens (including phenoxy) is 1. The van der Waals surface area contributed by atoms with Gasteiger partial charge in [-0.3, -0.25) is 4.68 Å². The topological polar surface area (TPSA) is 39.9 Å². The molecule has 0 N–H and O–H groups in total. The van der Waals surface area contributed by atoms with Crippen LogP contribution < -0.4 is 4.74 Å². The molecule has 1 aromatic heterocycles. The summed E-state index contributed by atoms with van der Waals surface area (Å²) < 4.78 is 7.23. The first-order valence-electron chi connectivity index (χ1n) is 4.79. The molecule has 2 aromatic rings. The third kappa shape index (κ3) is 2.56. The number of hydrogen-bond donors (Lipinski definition) is 0. The highest BCUT2D eigenvalue weighted by Crippen LogP contribution is 2.13. The van der Waals surface area contributed by atoms with Crippen molar-refractivity contribution in [2.45, 2.75) is 13.5 Å². The maximum Gasteiger partial charge on any atom is 0.134 e. The van der Waals surface area contributed by atoms with E-state index < -0.39 is 0 Å². The molecule has 2 rings (SSSR count). The highest BCUT2D eigenvalue weighted by Gasteiger charge is 1.99. The van der Waals surface area contributed by atoms with Crippen LogP contribution >= 0.6 is 0 Å². The standard InChI is InChI=1S/C11H13N3O/c1-9-4-3-5-11(6-9)15-8-10-7-14(2)13-12-10/h3-7H,8H2,1-2H3. The van der Waals surface area contributed by atoms with Crippen molar-refractivity contribution >= 4 is 0 Å². The van der Waals surface area contributed by atoms with Crippen LogP contribution in [0.1, 0.15) is 11.3 Å². The van der Waals surface area contributed by atoms with E-state index in [2.05, 4.69) is 10.3 Å². The Kier molecular flexibility index (Phi) is 2.67. The van der Waals surface area contributed by atoms with Gasteiger partial charge in [-0.25, -0.2) is 0 Å². The van der Waals surface area contributed by atoms with Crippen LogP contribution in [0.3, 0.4) is 0 Å². The van der Waals surface area contributed by atoms with E-state index in [1.807, 2.05) is 44.4 Å². The molecule has 4 nitrogen and oxygen atoms in total. The zero-order valence-electron chi connectivity index (χ0n) is 8.84. The molecular weight excluding hydrogens is 190 g/mol. The van der Waals surface area contributed by atoms with Crippen LogP contribution in [0, 0.1) is 6.92 Å². The van der Waals surface area contributed by atoms with E-state index in [0.29, 0.717) is 6.61 Å². The molecule has 0 bridgehead atoms. The number of rotatable bonds is 3. The fourth-order valence-electron chi connectivity index (χ4n) is 1.32. The molecule has 15 heavy (non-hydrogen) atoms. The van der Waals surface area contributed by atoms with E-state index in [1.165, 1.54) is 5.56 Å². The molecule has 0 unspecified atom stereocenters. The van der Waals surface area contributed by atoms with E-state index in [4.69, 9.17) is 4.74 Å². The number of aromatic nitrogens is 3. The molecule has 0 spiro atoms. The van der Waals surface area contributed by atoms with Gasteiger partial charge in [0.15, 0.2) is 0 Å². The van der Waals surface area contributed by atoms with E-state index in [0.717, 1.165) is 11.4 Å². The zero-order valence-corrected chi connectivity index (χ0v) is 8.84. The van der Waals surface area contributed by atoms with Gasteiger partial charge in [0, 0.05) is 7.05 Å². The predicted octanol–water partition coefficient (Wildman–Crippen LogP) is 1.70. The van der Waals surface area contributed by atoms with E-state index in [9.17, 15) is 0 Å². The second kappa shape index (κ2) is 4.13. The minimum Gasteiger partial charge on any atom is -0.487 e. The second-order valence-corrected chi connectivity index (χ2v) is 3.49. The normalized spacial score (nSPS) is 10.3. The molecule has 0 aliphatic rings. The highest BCUT2D eigenvalue weighted by atomic mass is 16.5. The first-order valence-corrected chi connectivity index (χ1v) is 4.79. The molecule has 0 fully saturated rings. The molecule has 0 amide bonds. The Hall–Kier alpha value is -1.84. The summed E-state index contributed by atoms with van der Waals surface area (Å²) in [6.07, 6.45) is 1.84. The summed E-state index contributed by atoms with van der Waals surface area (Å²) in [5.74, 6) is 0.862. The van der Waals surface area contributed by atoms with Crippen molar-refractivity contribution in [3.8, 4) is 5.75 Å². The molecule has 1 heterocycles. The smallest absolute Gasteiger partial charge is 0.134 e. The van der Waals surface area contributed by atoms with Gasteiger partial charge in [0.1, 0.15) is 18.1 Å². The number of hydrogen-bond acceptors (Lipinski definition) is 3. The monoisotopic (exact) mass is 203 g/mol. The number of nitrogens with zero attached hydrogens (tertiary/aromatic N) is 3. The molecule has 0 saturated carbocycles. The largest absolute Gasteiger partial charge is 0.487 e. The van der Waals surface area contributed by atoms with Gasteiger partial charge in [0.25, 0.3) is 0 Å². The summed E-state index contributed by atoms with van der Waals surface area (Å²) in [5.41, 5.74) is 2.02. The lowest BCUT2D eigenvalue weighted by Crippen LogP contribution is -1.95. The Balaban J connectivity index is 1.99. The Labute approximate surface area is 88.5 Å². The minimum atomic E-state index is 0.456. The van der Waals surface area contributed by atoms with E-state index in [-0.39, 0.29) is 0 Å². The SMILES string of the molecule is Cc1cccc(OCc2cn(C)nn2)c1. The van der Waals surface area contributed by atoms with Crippen molar-refractivity contribution in [1.29, 1.82) is 0 Å². The third-order valence-corrected chi connectivity index (χ3v) is 2.03. The van der Waals surface area contributed by atoms with Crippen molar-refractivity contribution in [2.24, 2.45) is 7.05 Å². The number of aryl methyl sites for hydroxylation is 2. The zero-order chi connectivity index (χ0) is 10.7. The molecule has 0 saturated heterocycles. The van der Waals surface area contributed by atoms with Crippen molar-refractivity contribution in [1.82, 2.24) is 15.0 Å². The summed E-state index contributed by atoms with van der Waals surface area (Å²) in [6.45, 7) is 2.49. The van der Waals surface area contributed by atoms with E-state index in [1.54, 1.807) is 4.68 Å². The highest BCUT2D eigenvalue weighted by molar-refractivity contribution is 5.27. The van der Waals surface area contributed by atoms with Crippen LogP contribution in [0.15, 0.2) is 30.5 Å². The lowest BCUT2D eigenvalue weighted by molar-refractivity contribution is 0.301. The molecule has 0 atom stereocenters. The van der Waals surface area contributed by atoms with Gasteiger partial charge in [-0.05, 0) is 24.6 Å². The van der Waals surface area contributed by atoms with Crippen molar-refractivity contribution in [3.05, 3.63) is 41.7 Å². The van der Waals surface area contributed by atoms with Crippen LogP contribution in [-0.4, -0.2) is 15.0 Å². The summed E-state index contributed by atoms with van der Waals surface area (Å²) in [7, 11) is 1.84. The third-order valence-electron chi connectivity index (χ3n) is 2.03. The molecule has 4 heteroatoms. The first kappa shape index (κ1) is 9.71. The fourth-order valence-corrected chi connectivity index (χ4v) is 1.32. The van der Waals surface area contributed by atoms with Gasteiger partial charge >= 0.3 is 0 Å². The quantitative estimate of drug-likeness (QED) is 0.762. The second-order valence-electron chi connectivity index (χ2n) is 3.49. The summed E-state index contributed by atoms with van der Waals surface area (Å²) in [4.78, 5) is 0. The van der Waals surface area contributed by atoms with Crippen molar-refractivity contribution in [2.75, 3.05) is 0 Å². The Morgan fingerprint density at radius 1 is 1.40 bits per heavy atom. The maximum absolute atomic E-state index is 5.57. The molecule has 0 radical (unpaired) electrons. The lowest BCUT2D eigenvalue weighted by Gasteiger charge is -2.03. The summed E-state index contributed by atoms with van der Waals surface area (Å²) >= 11 is 0. The van der Waals surface area contributed by atoms with Gasteiger partial charge in [-0.2, -0.15) is 0 Å². The predicted molar refractivity (Wildman–Crippen MR) is 56.5 cm³/mol. The maximum atomic E-state index is 5.57. The average molecular weight is 203 g/mol. The van der Waals surface area contributed by atoms with Crippen LogP contribution in [0.2, 0.25) is 0 Å². The van der Waals surface area contributed by atoms with Crippen molar-refractivity contribution < 1.29 is 4.74 Å². The van der Waals surface area contributed by atoms with Crippen molar-refractivity contribution in [3.63, 3.8) is 0 Å². The Bertz CT molecular complexity index is 451. The van der Waals surface area contributed by atoms with Gasteiger partial charge in [0.2, 0.25) is 0 Å². The van der Waals surface area contributed by atoms with E-state index >= 15 is 0 Å². The Morgan fingerprint density at radius 2 is 2.27 bits per heavy atom. The summed E-state index contributed by atoms with van der Waals surface area (Å²) in [5, 5.41) is 7.77. The van der Waals surface area contributed by atoms with Crippen LogP contribution in [0.5, 0.6) is 5.75 Å². The number of benzene rings is 1. The summed E-state index contributed by atoms with van der Waals surface area (Å²) in [6, 6.07) is 7.94. The minimum absolute atomic E-state index is 0.456. The molecule has 78 valence electrons. The van der Waals surface area contributed by atoms with Gasteiger partial charge in [-0.1, -0.05) is 17.3 Å². The Morgan fingerprint density at radius 3 is 2.93 bits per heavy atom. The van der Waals surface area contributed by atoms with Crippen LogP contribution in [0.4, 0.5) is 0 Å². The van der Waals surface area contributed by atoms with Crippen LogP contribution in [-0.2, 0) is 13.7 Å². The van der Waals surface area contributed by atoms with Gasteiger partial charge < -0.3 is 4.74 Å². The average Bonchev–Trinajstić information content (AvgIpc) is 2.62. The first-order chi connectivity index (χ1) is 7.24. The van der Waals surface area contributed by atoms with Gasteiger partial charge in [-0.15, -0.1) is 5.10 Å². The molecule has 0 aliphatic carbocycles. The lowest BCUT2D eigenvalue weighted by atomic mass is 10.2. The van der Waals surface area contributed by atoms with Gasteiger partial charge in [0.05, 0.1) is 6.20 Å². The molecule has 1 aromatic carbocycles. The fraction of sp³-hybridized carbons (Fsp3) is 0.273.